The molecule has 0 aliphatic heterocycles. The molecule has 0 saturated carbocycles. The Morgan fingerprint density at radius 3 is 2.41 bits per heavy atom. The second-order valence-electron chi connectivity index (χ2n) is 5.64. The number of nitrogens with one attached hydrogen (secondary N) is 1. The summed E-state index contributed by atoms with van der Waals surface area (Å²) in [6.07, 6.45) is 1.37. The zero-order chi connectivity index (χ0) is 15.9. The summed E-state index contributed by atoms with van der Waals surface area (Å²) < 4.78 is 5.60. The topological polar surface area (TPSA) is 54.4 Å². The lowest BCUT2D eigenvalue weighted by molar-refractivity contribution is 0.170. The lowest BCUT2D eigenvalue weighted by Crippen LogP contribution is -2.25. The molecule has 0 aliphatic rings. The van der Waals surface area contributed by atoms with E-state index in [4.69, 9.17) is 4.74 Å². The Balaban J connectivity index is 1.88. The van der Waals surface area contributed by atoms with Crippen molar-refractivity contribution in [2.24, 2.45) is 0 Å². The molecule has 4 nitrogen and oxygen atoms in total. The number of rotatable bonds is 7. The van der Waals surface area contributed by atoms with Crippen LogP contribution in [0.5, 0.6) is 5.75 Å². The van der Waals surface area contributed by atoms with Gasteiger partial charge in [0.05, 0.1) is 17.9 Å². The summed E-state index contributed by atoms with van der Waals surface area (Å²) in [5.41, 5.74) is 1.84. The van der Waals surface area contributed by atoms with Gasteiger partial charge in [-0.3, -0.25) is 4.98 Å². The molecule has 0 bridgehead atoms. The van der Waals surface area contributed by atoms with Crippen LogP contribution in [0.4, 0.5) is 0 Å². The zero-order valence-electron chi connectivity index (χ0n) is 13.4. The molecule has 2 atom stereocenters. The van der Waals surface area contributed by atoms with Crippen molar-refractivity contribution in [2.75, 3.05) is 6.54 Å². The Bertz CT molecular complexity index is 555. The van der Waals surface area contributed by atoms with Crippen LogP contribution in [0.1, 0.15) is 44.2 Å². The Morgan fingerprint density at radius 2 is 1.82 bits per heavy atom. The molecule has 2 unspecified atom stereocenters. The zero-order valence-corrected chi connectivity index (χ0v) is 13.4. The van der Waals surface area contributed by atoms with E-state index >= 15 is 0 Å². The van der Waals surface area contributed by atoms with Gasteiger partial charge in [0.1, 0.15) is 5.75 Å². The van der Waals surface area contributed by atoms with E-state index < -0.39 is 6.10 Å². The van der Waals surface area contributed by atoms with Crippen LogP contribution >= 0.6 is 0 Å². The molecule has 0 radical (unpaired) electrons. The van der Waals surface area contributed by atoms with Crippen LogP contribution in [0.15, 0.2) is 48.7 Å². The minimum absolute atomic E-state index is 0.0967. The van der Waals surface area contributed by atoms with E-state index in [1.165, 1.54) is 0 Å². The van der Waals surface area contributed by atoms with E-state index in [1.54, 1.807) is 6.20 Å². The fourth-order valence-electron chi connectivity index (χ4n) is 2.18. The number of aromatic nitrogens is 1. The number of hydrogen-bond donors (Lipinski definition) is 2. The quantitative estimate of drug-likeness (QED) is 0.824. The number of benzene rings is 1. The van der Waals surface area contributed by atoms with Crippen molar-refractivity contribution in [2.45, 2.75) is 39.0 Å². The van der Waals surface area contributed by atoms with Gasteiger partial charge in [-0.1, -0.05) is 18.2 Å². The Labute approximate surface area is 132 Å². The number of aliphatic hydroxyl groups excluding tert-OH is 1. The van der Waals surface area contributed by atoms with Crippen molar-refractivity contribution in [3.8, 4) is 5.75 Å². The highest BCUT2D eigenvalue weighted by atomic mass is 16.5. The van der Waals surface area contributed by atoms with E-state index in [0.717, 1.165) is 17.0 Å². The fourth-order valence-corrected chi connectivity index (χ4v) is 2.18. The number of ether oxygens (including phenoxy) is 1. The predicted molar refractivity (Wildman–Crippen MR) is 87.8 cm³/mol. The molecule has 1 heterocycles. The van der Waals surface area contributed by atoms with Gasteiger partial charge in [0.15, 0.2) is 0 Å². The van der Waals surface area contributed by atoms with Gasteiger partial charge in [-0.2, -0.15) is 0 Å². The van der Waals surface area contributed by atoms with E-state index in [0.29, 0.717) is 6.54 Å². The summed E-state index contributed by atoms with van der Waals surface area (Å²) in [4.78, 5) is 4.31. The van der Waals surface area contributed by atoms with Crippen molar-refractivity contribution in [3.63, 3.8) is 0 Å². The van der Waals surface area contributed by atoms with Gasteiger partial charge < -0.3 is 15.2 Å². The first-order chi connectivity index (χ1) is 10.6. The highest BCUT2D eigenvalue weighted by molar-refractivity contribution is 5.28. The summed E-state index contributed by atoms with van der Waals surface area (Å²) in [6.45, 7) is 6.49. The molecule has 0 saturated heterocycles. The summed E-state index contributed by atoms with van der Waals surface area (Å²) in [5.74, 6) is 0.820. The molecule has 0 spiro atoms. The van der Waals surface area contributed by atoms with E-state index in [2.05, 4.69) is 10.3 Å². The Hall–Kier alpha value is -1.91. The molecule has 1 aromatic carbocycles. The van der Waals surface area contributed by atoms with Gasteiger partial charge in [0.25, 0.3) is 0 Å². The highest BCUT2D eigenvalue weighted by Gasteiger charge is 2.11. The first-order valence-corrected chi connectivity index (χ1v) is 7.65. The van der Waals surface area contributed by atoms with Gasteiger partial charge in [-0.15, -0.1) is 0 Å². The van der Waals surface area contributed by atoms with E-state index in [9.17, 15) is 5.11 Å². The molecule has 0 amide bonds. The lowest BCUT2D eigenvalue weighted by Gasteiger charge is -2.17. The van der Waals surface area contributed by atoms with Crippen LogP contribution < -0.4 is 10.1 Å². The summed E-state index contributed by atoms with van der Waals surface area (Å²) in [5, 5.41) is 13.6. The molecular formula is C18H24N2O2. The molecule has 2 aromatic rings. The van der Waals surface area contributed by atoms with Gasteiger partial charge in [0.2, 0.25) is 0 Å². The van der Waals surface area contributed by atoms with Crippen LogP contribution in [0.25, 0.3) is 0 Å². The Kier molecular flexibility index (Phi) is 5.92. The minimum atomic E-state index is -0.556. The summed E-state index contributed by atoms with van der Waals surface area (Å²) in [6, 6.07) is 13.5. The number of aliphatic hydroxyl groups is 1. The van der Waals surface area contributed by atoms with Crippen molar-refractivity contribution in [1.82, 2.24) is 10.3 Å². The van der Waals surface area contributed by atoms with Crippen LogP contribution in [-0.4, -0.2) is 22.7 Å². The smallest absolute Gasteiger partial charge is 0.119 e. The van der Waals surface area contributed by atoms with Crippen molar-refractivity contribution in [1.29, 1.82) is 0 Å². The third kappa shape index (κ3) is 4.83. The second kappa shape index (κ2) is 7.92. The van der Waals surface area contributed by atoms with Crippen molar-refractivity contribution < 1.29 is 9.84 Å². The molecule has 0 fully saturated rings. The molecule has 1 aromatic heterocycles. The fraction of sp³-hybridized carbons (Fsp3) is 0.389. The minimum Gasteiger partial charge on any atom is -0.491 e. The van der Waals surface area contributed by atoms with Crippen LogP contribution in [0.2, 0.25) is 0 Å². The normalized spacial score (nSPS) is 13.9. The van der Waals surface area contributed by atoms with Crippen LogP contribution in [-0.2, 0) is 0 Å². The molecule has 2 N–H and O–H groups in total. The maximum absolute atomic E-state index is 10.3. The first-order valence-electron chi connectivity index (χ1n) is 7.65. The monoisotopic (exact) mass is 300 g/mol. The third-order valence-electron chi connectivity index (χ3n) is 3.39. The maximum Gasteiger partial charge on any atom is 0.119 e. The van der Waals surface area contributed by atoms with Crippen LogP contribution in [0, 0.1) is 0 Å². The highest BCUT2D eigenvalue weighted by Crippen LogP contribution is 2.19. The van der Waals surface area contributed by atoms with Crippen molar-refractivity contribution in [3.05, 3.63) is 59.9 Å². The molecule has 2 rings (SSSR count). The van der Waals surface area contributed by atoms with Crippen LogP contribution in [0.3, 0.4) is 0 Å². The van der Waals surface area contributed by atoms with E-state index in [1.807, 2.05) is 63.2 Å². The van der Waals surface area contributed by atoms with Gasteiger partial charge in [-0.05, 0) is 50.6 Å². The molecule has 22 heavy (non-hydrogen) atoms. The standard InChI is InChI=1S/C18H24N2O2/c1-13(2)22-16-9-7-15(8-10-16)18(21)12-20-14(3)17-6-4-5-11-19-17/h4-11,13-14,18,20-21H,12H2,1-3H3. The average Bonchev–Trinajstić information content (AvgIpc) is 2.53. The number of nitrogens with zero attached hydrogens (tertiary/aromatic N) is 1. The largest absolute Gasteiger partial charge is 0.491 e. The average molecular weight is 300 g/mol. The number of pyridine rings is 1. The third-order valence-corrected chi connectivity index (χ3v) is 3.39. The van der Waals surface area contributed by atoms with Gasteiger partial charge in [0, 0.05) is 18.8 Å². The number of hydrogen-bond acceptors (Lipinski definition) is 4. The molecule has 0 aliphatic carbocycles. The first kappa shape index (κ1) is 16.5. The van der Waals surface area contributed by atoms with Gasteiger partial charge >= 0.3 is 0 Å². The lowest BCUT2D eigenvalue weighted by atomic mass is 10.1. The molecule has 4 heteroatoms. The molecule has 118 valence electrons. The summed E-state index contributed by atoms with van der Waals surface area (Å²) in [7, 11) is 0. The SMILES string of the molecule is CC(C)Oc1ccc(C(O)CNC(C)c2ccccn2)cc1. The predicted octanol–water partition coefficient (Wildman–Crippen LogP) is 3.25. The van der Waals surface area contributed by atoms with E-state index in [-0.39, 0.29) is 12.1 Å². The summed E-state index contributed by atoms with van der Waals surface area (Å²) >= 11 is 0. The van der Waals surface area contributed by atoms with Crippen molar-refractivity contribution >= 4 is 0 Å². The maximum atomic E-state index is 10.3. The second-order valence-corrected chi connectivity index (χ2v) is 5.64. The van der Waals surface area contributed by atoms with Gasteiger partial charge in [-0.25, -0.2) is 0 Å². The molecular weight excluding hydrogens is 276 g/mol. The Morgan fingerprint density at radius 1 is 1.09 bits per heavy atom.